The van der Waals surface area contributed by atoms with Crippen molar-refractivity contribution >= 4 is 46.4 Å². The highest BCUT2D eigenvalue weighted by Crippen LogP contribution is 2.19. The Bertz CT molecular complexity index is 1680. The second kappa shape index (κ2) is 16.5. The number of phenolic OH excluding ortho intramolecular Hbond substituents is 2. The minimum Gasteiger partial charge on any atom is -0.508 e. The number of amides is 3. The van der Waals surface area contributed by atoms with E-state index in [0.717, 1.165) is 16.5 Å². The Kier molecular flexibility index (Phi) is 12.3. The number of carboxylic acid groups (broad SMARTS) is 1. The van der Waals surface area contributed by atoms with E-state index in [1.165, 1.54) is 36.0 Å². The van der Waals surface area contributed by atoms with Crippen molar-refractivity contribution < 1.29 is 34.5 Å². The van der Waals surface area contributed by atoms with Gasteiger partial charge < -0.3 is 42.0 Å². The first kappa shape index (κ1) is 34.9. The van der Waals surface area contributed by atoms with Gasteiger partial charge in [0.15, 0.2) is 0 Å². The Morgan fingerprint density at radius 1 is 0.745 bits per heavy atom. The lowest BCUT2D eigenvalue weighted by Gasteiger charge is -2.25. The molecular formula is C34H39N5O7S. The lowest BCUT2D eigenvalue weighted by Crippen LogP contribution is -2.58. The van der Waals surface area contributed by atoms with Gasteiger partial charge in [0.1, 0.15) is 29.6 Å². The minimum atomic E-state index is -1.22. The Balaban J connectivity index is 1.56. The van der Waals surface area contributed by atoms with Gasteiger partial charge in [0.25, 0.3) is 0 Å². The summed E-state index contributed by atoms with van der Waals surface area (Å²) in [5.74, 6) is -2.67. The van der Waals surface area contributed by atoms with Gasteiger partial charge in [-0.15, -0.1) is 0 Å². The number of phenols is 2. The molecule has 0 aliphatic heterocycles. The summed E-state index contributed by atoms with van der Waals surface area (Å²) in [6.07, 6.45) is 3.97. The zero-order chi connectivity index (χ0) is 33.9. The van der Waals surface area contributed by atoms with Gasteiger partial charge >= 0.3 is 5.97 Å². The quantitative estimate of drug-likeness (QED) is 0.0885. The number of carbonyl (C=O) groups is 4. The number of rotatable bonds is 16. The van der Waals surface area contributed by atoms with E-state index in [1.54, 1.807) is 30.5 Å². The lowest BCUT2D eigenvalue weighted by atomic mass is 10.0. The maximum Gasteiger partial charge on any atom is 0.326 e. The molecule has 13 heteroatoms. The smallest absolute Gasteiger partial charge is 0.326 e. The molecule has 1 heterocycles. The summed E-state index contributed by atoms with van der Waals surface area (Å²) in [7, 11) is 0. The van der Waals surface area contributed by atoms with E-state index >= 15 is 0 Å². The van der Waals surface area contributed by atoms with Crippen LogP contribution in [-0.4, -0.2) is 80.2 Å². The molecule has 4 atom stereocenters. The first-order valence-electron chi connectivity index (χ1n) is 15.0. The fraction of sp³-hybridized carbons (Fsp3) is 0.294. The molecule has 0 saturated heterocycles. The molecule has 0 saturated carbocycles. The normalized spacial score (nSPS) is 13.7. The second-order valence-electron chi connectivity index (χ2n) is 11.2. The van der Waals surface area contributed by atoms with Crippen LogP contribution in [0.25, 0.3) is 10.9 Å². The molecule has 248 valence electrons. The number of aromatic nitrogens is 1. The number of nitrogens with two attached hydrogens (primary N) is 1. The number of aliphatic carboxylic acids is 1. The molecule has 9 N–H and O–H groups in total. The third kappa shape index (κ3) is 9.99. The largest absolute Gasteiger partial charge is 0.508 e. The molecule has 0 spiro atoms. The van der Waals surface area contributed by atoms with Crippen LogP contribution in [0.1, 0.15) is 23.1 Å². The van der Waals surface area contributed by atoms with Crippen LogP contribution in [-0.2, 0) is 38.4 Å². The molecule has 0 fully saturated rings. The Labute approximate surface area is 276 Å². The molecular weight excluding hydrogens is 622 g/mol. The first-order valence-corrected chi connectivity index (χ1v) is 16.4. The van der Waals surface area contributed by atoms with Crippen molar-refractivity contribution in [2.24, 2.45) is 5.73 Å². The summed E-state index contributed by atoms with van der Waals surface area (Å²) in [5.41, 5.74) is 9.27. The summed E-state index contributed by atoms with van der Waals surface area (Å²) in [6, 6.07) is 15.2. The molecule has 4 unspecified atom stereocenters. The van der Waals surface area contributed by atoms with Gasteiger partial charge in [-0.05, 0) is 71.9 Å². The number of nitrogens with one attached hydrogen (secondary N) is 4. The van der Waals surface area contributed by atoms with Gasteiger partial charge in [-0.1, -0.05) is 42.5 Å². The average molecular weight is 662 g/mol. The fourth-order valence-corrected chi connectivity index (χ4v) is 5.57. The number of carboxylic acids is 1. The van der Waals surface area contributed by atoms with Crippen LogP contribution in [0.2, 0.25) is 0 Å². The van der Waals surface area contributed by atoms with Gasteiger partial charge in [-0.3, -0.25) is 14.4 Å². The monoisotopic (exact) mass is 661 g/mol. The third-order valence-electron chi connectivity index (χ3n) is 7.70. The molecule has 1 aromatic heterocycles. The van der Waals surface area contributed by atoms with E-state index in [9.17, 15) is 34.5 Å². The SMILES string of the molecule is CSCCC(NC(=O)C(Cc1ccc(O)cc1)NC(=O)C(Cc1ccc(O)cc1)NC(=O)C(N)Cc1c[nH]c2ccccc12)C(=O)O. The Hall–Kier alpha value is -5.01. The number of carbonyl (C=O) groups excluding carboxylic acids is 3. The van der Waals surface area contributed by atoms with E-state index in [0.29, 0.717) is 16.9 Å². The van der Waals surface area contributed by atoms with E-state index in [1.807, 2.05) is 30.5 Å². The predicted molar refractivity (Wildman–Crippen MR) is 180 cm³/mol. The molecule has 3 amide bonds. The number of hydrogen-bond donors (Lipinski definition) is 8. The van der Waals surface area contributed by atoms with E-state index in [4.69, 9.17) is 5.73 Å². The van der Waals surface area contributed by atoms with Crippen molar-refractivity contribution in [3.8, 4) is 11.5 Å². The maximum atomic E-state index is 13.9. The van der Waals surface area contributed by atoms with Crippen LogP contribution in [0.4, 0.5) is 0 Å². The van der Waals surface area contributed by atoms with Crippen LogP contribution >= 0.6 is 11.8 Å². The molecule has 12 nitrogen and oxygen atoms in total. The summed E-state index contributed by atoms with van der Waals surface area (Å²) in [6.45, 7) is 0. The number of fused-ring (bicyclic) bond motifs is 1. The van der Waals surface area contributed by atoms with Crippen molar-refractivity contribution in [3.63, 3.8) is 0 Å². The van der Waals surface area contributed by atoms with Crippen molar-refractivity contribution in [3.05, 3.63) is 95.7 Å². The topological polar surface area (TPSA) is 207 Å². The van der Waals surface area contributed by atoms with Crippen molar-refractivity contribution in [1.29, 1.82) is 0 Å². The number of hydrogen-bond acceptors (Lipinski definition) is 8. The first-order chi connectivity index (χ1) is 22.5. The van der Waals surface area contributed by atoms with Gasteiger partial charge in [-0.25, -0.2) is 4.79 Å². The number of benzene rings is 3. The molecule has 0 radical (unpaired) electrons. The number of aromatic hydroxyl groups is 2. The number of thioether (sulfide) groups is 1. The Morgan fingerprint density at radius 3 is 1.79 bits per heavy atom. The molecule has 0 aliphatic carbocycles. The molecule has 47 heavy (non-hydrogen) atoms. The highest BCUT2D eigenvalue weighted by molar-refractivity contribution is 7.98. The standard InChI is InChI=1S/C34H39N5O7S/c1-47-15-14-28(34(45)46)37-32(43)30(17-21-8-12-24(41)13-9-21)39-33(44)29(16-20-6-10-23(40)11-7-20)38-31(42)26(35)18-22-19-36-27-5-3-2-4-25(22)27/h2-13,19,26,28-30,36,40-41H,14-18,35H2,1H3,(H,37,43)(H,38,42)(H,39,44)(H,45,46). The summed E-state index contributed by atoms with van der Waals surface area (Å²) < 4.78 is 0. The van der Waals surface area contributed by atoms with E-state index in [-0.39, 0.29) is 37.2 Å². The maximum absolute atomic E-state index is 13.9. The highest BCUT2D eigenvalue weighted by Gasteiger charge is 2.31. The molecule has 0 aliphatic rings. The van der Waals surface area contributed by atoms with Crippen molar-refractivity contribution in [2.45, 2.75) is 49.9 Å². The molecule has 3 aromatic carbocycles. The van der Waals surface area contributed by atoms with Crippen LogP contribution in [0.5, 0.6) is 11.5 Å². The lowest BCUT2D eigenvalue weighted by molar-refractivity contribution is -0.142. The fourth-order valence-electron chi connectivity index (χ4n) is 5.10. The average Bonchev–Trinajstić information content (AvgIpc) is 3.46. The van der Waals surface area contributed by atoms with Gasteiger partial charge in [0.05, 0.1) is 6.04 Å². The van der Waals surface area contributed by atoms with Crippen molar-refractivity contribution in [1.82, 2.24) is 20.9 Å². The van der Waals surface area contributed by atoms with Gasteiger partial charge in [0, 0.05) is 29.9 Å². The van der Waals surface area contributed by atoms with Crippen LogP contribution in [0.3, 0.4) is 0 Å². The second-order valence-corrected chi connectivity index (χ2v) is 12.2. The summed E-state index contributed by atoms with van der Waals surface area (Å²) in [5, 5.41) is 38.0. The molecule has 4 rings (SSSR count). The van der Waals surface area contributed by atoms with Crippen LogP contribution < -0.4 is 21.7 Å². The van der Waals surface area contributed by atoms with E-state index < -0.39 is 47.9 Å². The van der Waals surface area contributed by atoms with Crippen molar-refractivity contribution in [2.75, 3.05) is 12.0 Å². The molecule has 0 bridgehead atoms. The van der Waals surface area contributed by atoms with Crippen LogP contribution in [0, 0.1) is 0 Å². The van der Waals surface area contributed by atoms with Crippen LogP contribution in [0.15, 0.2) is 79.0 Å². The third-order valence-corrected chi connectivity index (χ3v) is 8.34. The van der Waals surface area contributed by atoms with Gasteiger partial charge in [-0.2, -0.15) is 11.8 Å². The highest BCUT2D eigenvalue weighted by atomic mass is 32.2. The summed E-state index contributed by atoms with van der Waals surface area (Å²) in [4.78, 5) is 55.7. The number of H-pyrrole nitrogens is 1. The zero-order valence-corrected chi connectivity index (χ0v) is 26.6. The Morgan fingerprint density at radius 2 is 1.26 bits per heavy atom. The number of aromatic amines is 1. The number of para-hydroxylation sites is 1. The van der Waals surface area contributed by atoms with Gasteiger partial charge in [0.2, 0.25) is 17.7 Å². The minimum absolute atomic E-state index is 0.0106. The zero-order valence-electron chi connectivity index (χ0n) is 25.8. The van der Waals surface area contributed by atoms with E-state index in [2.05, 4.69) is 20.9 Å². The molecule has 4 aromatic rings. The summed E-state index contributed by atoms with van der Waals surface area (Å²) >= 11 is 1.44. The predicted octanol–water partition coefficient (Wildman–Crippen LogP) is 2.23.